The summed E-state index contributed by atoms with van der Waals surface area (Å²) in [6.45, 7) is 5.82. The minimum absolute atomic E-state index is 0.0585. The van der Waals surface area contributed by atoms with Gasteiger partial charge in [0.1, 0.15) is 0 Å². The predicted molar refractivity (Wildman–Crippen MR) is 124 cm³/mol. The second-order valence-corrected chi connectivity index (χ2v) is 8.94. The number of methoxy groups -OCH3 is 1. The fourth-order valence-electron chi connectivity index (χ4n) is 4.77. The molecule has 1 N–H and O–H groups in total. The first-order chi connectivity index (χ1) is 14.3. The maximum Gasteiger partial charge on any atom is 0.241 e. The number of phenolic OH excluding ortho intramolecular Hbond substituents is 1. The molecule has 2 amide bonds. The standard InChI is InChI=1S/C24H22INO4/c1-4-14-10-11-17-22(28)26(16-8-6-5-7-9-16)23(29)24(17,2)20(14)15-12-18(25)21(27)19(13-15)30-3/h4-10,12-13,17,20,27H,1,11H2,2-3H3. The molecule has 6 heteroatoms. The number of hydrogen-bond donors (Lipinski definition) is 1. The molecule has 154 valence electrons. The van der Waals surface area contributed by atoms with Crippen LogP contribution in [-0.2, 0) is 9.59 Å². The van der Waals surface area contributed by atoms with Crippen molar-refractivity contribution in [1.29, 1.82) is 0 Å². The minimum Gasteiger partial charge on any atom is -0.504 e. The summed E-state index contributed by atoms with van der Waals surface area (Å²) in [6.07, 6.45) is 4.23. The molecular weight excluding hydrogens is 493 g/mol. The number of amides is 2. The Morgan fingerprint density at radius 2 is 1.97 bits per heavy atom. The normalized spacial score (nSPS) is 25.7. The van der Waals surface area contributed by atoms with Gasteiger partial charge in [0.15, 0.2) is 11.5 Å². The molecule has 1 aliphatic heterocycles. The van der Waals surface area contributed by atoms with Crippen molar-refractivity contribution in [2.45, 2.75) is 19.3 Å². The molecular formula is C24H22INO4. The fraction of sp³-hybridized carbons (Fsp3) is 0.250. The number of para-hydroxylation sites is 1. The van der Waals surface area contributed by atoms with Crippen molar-refractivity contribution in [3.05, 3.63) is 75.9 Å². The molecule has 1 fully saturated rings. The number of carbonyl (C=O) groups is 2. The van der Waals surface area contributed by atoms with Crippen LogP contribution in [0, 0.1) is 14.9 Å². The Morgan fingerprint density at radius 3 is 2.60 bits per heavy atom. The van der Waals surface area contributed by atoms with Crippen molar-refractivity contribution in [3.63, 3.8) is 0 Å². The van der Waals surface area contributed by atoms with E-state index in [1.54, 1.807) is 24.3 Å². The van der Waals surface area contributed by atoms with Crippen molar-refractivity contribution in [2.24, 2.45) is 11.3 Å². The van der Waals surface area contributed by atoms with E-state index in [-0.39, 0.29) is 23.5 Å². The summed E-state index contributed by atoms with van der Waals surface area (Å²) in [7, 11) is 1.49. The molecule has 3 atom stereocenters. The number of phenols is 1. The molecule has 3 unspecified atom stereocenters. The molecule has 0 bridgehead atoms. The van der Waals surface area contributed by atoms with E-state index in [9.17, 15) is 14.7 Å². The lowest BCUT2D eigenvalue weighted by molar-refractivity contribution is -0.127. The van der Waals surface area contributed by atoms with Crippen molar-refractivity contribution in [2.75, 3.05) is 12.0 Å². The number of carbonyl (C=O) groups excluding carboxylic acids is 2. The summed E-state index contributed by atoms with van der Waals surface area (Å²) in [5.74, 6) is -0.869. The van der Waals surface area contributed by atoms with Gasteiger partial charge in [-0.25, -0.2) is 4.90 Å². The smallest absolute Gasteiger partial charge is 0.241 e. The summed E-state index contributed by atoms with van der Waals surface area (Å²) in [5.41, 5.74) is 1.31. The Labute approximate surface area is 189 Å². The Bertz CT molecular complexity index is 1080. The first kappa shape index (κ1) is 20.7. The van der Waals surface area contributed by atoms with Crippen molar-refractivity contribution >= 4 is 40.1 Å². The number of anilines is 1. The molecule has 0 saturated carbocycles. The molecule has 0 radical (unpaired) electrons. The van der Waals surface area contributed by atoms with Crippen LogP contribution in [0.25, 0.3) is 0 Å². The minimum atomic E-state index is -0.976. The molecule has 2 aromatic carbocycles. The van der Waals surface area contributed by atoms with E-state index >= 15 is 0 Å². The van der Waals surface area contributed by atoms with Crippen LogP contribution in [0.2, 0.25) is 0 Å². The van der Waals surface area contributed by atoms with Crippen LogP contribution in [-0.4, -0.2) is 24.0 Å². The fourth-order valence-corrected chi connectivity index (χ4v) is 5.39. The van der Waals surface area contributed by atoms with Gasteiger partial charge in [-0.05, 0) is 71.3 Å². The van der Waals surface area contributed by atoms with Gasteiger partial charge >= 0.3 is 0 Å². The van der Waals surface area contributed by atoms with Gasteiger partial charge in [-0.3, -0.25) is 9.59 Å². The van der Waals surface area contributed by atoms with Crippen LogP contribution < -0.4 is 9.64 Å². The SMILES string of the molecule is C=CC1=CCC2C(=O)N(c3ccccc3)C(=O)C2(C)C1c1cc(I)c(O)c(OC)c1. The summed E-state index contributed by atoms with van der Waals surface area (Å²) in [4.78, 5) is 28.5. The van der Waals surface area contributed by atoms with Gasteiger partial charge in [0.2, 0.25) is 11.8 Å². The van der Waals surface area contributed by atoms with Crippen LogP contribution in [0.3, 0.4) is 0 Å². The van der Waals surface area contributed by atoms with Crippen LogP contribution in [0.1, 0.15) is 24.8 Å². The highest BCUT2D eigenvalue weighted by Gasteiger charge is 2.62. The molecule has 0 aromatic heterocycles. The van der Waals surface area contributed by atoms with E-state index in [1.807, 2.05) is 59.9 Å². The number of fused-ring (bicyclic) bond motifs is 1. The summed E-state index contributed by atoms with van der Waals surface area (Å²) in [6, 6.07) is 12.6. The number of aromatic hydroxyl groups is 1. The van der Waals surface area contributed by atoms with E-state index in [1.165, 1.54) is 12.0 Å². The highest BCUT2D eigenvalue weighted by molar-refractivity contribution is 14.1. The Hall–Kier alpha value is -2.61. The lowest BCUT2D eigenvalue weighted by Gasteiger charge is -2.40. The first-order valence-corrected chi connectivity index (χ1v) is 10.7. The number of allylic oxidation sites excluding steroid dienone is 3. The van der Waals surface area contributed by atoms with Gasteiger partial charge in [0.05, 0.1) is 27.7 Å². The van der Waals surface area contributed by atoms with Gasteiger partial charge in [0, 0.05) is 5.92 Å². The zero-order chi connectivity index (χ0) is 21.6. The third-order valence-electron chi connectivity index (χ3n) is 6.28. The predicted octanol–water partition coefficient (Wildman–Crippen LogP) is 4.80. The molecule has 1 saturated heterocycles. The van der Waals surface area contributed by atoms with Gasteiger partial charge < -0.3 is 9.84 Å². The van der Waals surface area contributed by atoms with Crippen LogP contribution in [0.4, 0.5) is 5.69 Å². The van der Waals surface area contributed by atoms with Gasteiger partial charge in [-0.1, -0.05) is 36.9 Å². The van der Waals surface area contributed by atoms with E-state index in [0.717, 1.165) is 11.1 Å². The van der Waals surface area contributed by atoms with Crippen molar-refractivity contribution in [1.82, 2.24) is 0 Å². The highest BCUT2D eigenvalue weighted by atomic mass is 127. The van der Waals surface area contributed by atoms with Gasteiger partial charge in [-0.15, -0.1) is 0 Å². The number of benzene rings is 2. The first-order valence-electron chi connectivity index (χ1n) is 9.66. The summed E-state index contributed by atoms with van der Waals surface area (Å²) >= 11 is 2.04. The number of halogens is 1. The molecule has 1 heterocycles. The quantitative estimate of drug-likeness (QED) is 0.470. The summed E-state index contributed by atoms with van der Waals surface area (Å²) < 4.78 is 5.96. The molecule has 5 nitrogen and oxygen atoms in total. The lowest BCUT2D eigenvalue weighted by Crippen LogP contribution is -2.41. The number of rotatable bonds is 4. The van der Waals surface area contributed by atoms with Crippen LogP contribution in [0.15, 0.2) is 66.8 Å². The second-order valence-electron chi connectivity index (χ2n) is 7.78. The number of imide groups is 1. The van der Waals surface area contributed by atoms with E-state index in [0.29, 0.717) is 21.4 Å². The molecule has 4 rings (SSSR count). The zero-order valence-corrected chi connectivity index (χ0v) is 18.9. The lowest BCUT2D eigenvalue weighted by atomic mass is 9.60. The Balaban J connectivity index is 1.90. The Morgan fingerprint density at radius 1 is 1.27 bits per heavy atom. The third kappa shape index (κ3) is 2.88. The van der Waals surface area contributed by atoms with Crippen molar-refractivity contribution < 1.29 is 19.4 Å². The third-order valence-corrected chi connectivity index (χ3v) is 7.10. The number of ether oxygens (including phenoxy) is 1. The van der Waals surface area contributed by atoms with Crippen LogP contribution in [0.5, 0.6) is 11.5 Å². The molecule has 2 aliphatic rings. The summed E-state index contributed by atoms with van der Waals surface area (Å²) in [5, 5.41) is 10.3. The monoisotopic (exact) mass is 515 g/mol. The molecule has 0 spiro atoms. The second kappa shape index (κ2) is 7.58. The highest BCUT2D eigenvalue weighted by Crippen LogP contribution is 2.57. The molecule has 2 aromatic rings. The van der Waals surface area contributed by atoms with E-state index in [4.69, 9.17) is 4.74 Å². The van der Waals surface area contributed by atoms with E-state index < -0.39 is 11.3 Å². The number of nitrogens with zero attached hydrogens (tertiary/aromatic N) is 1. The van der Waals surface area contributed by atoms with E-state index in [2.05, 4.69) is 6.58 Å². The maximum absolute atomic E-state index is 13.8. The average Bonchev–Trinajstić information content (AvgIpc) is 2.95. The Kier molecular flexibility index (Phi) is 5.22. The molecule has 30 heavy (non-hydrogen) atoms. The topological polar surface area (TPSA) is 66.8 Å². The van der Waals surface area contributed by atoms with Crippen LogP contribution >= 0.6 is 22.6 Å². The maximum atomic E-state index is 13.8. The van der Waals surface area contributed by atoms with Gasteiger partial charge in [0.25, 0.3) is 0 Å². The number of hydrogen-bond acceptors (Lipinski definition) is 4. The molecule has 1 aliphatic carbocycles. The zero-order valence-electron chi connectivity index (χ0n) is 16.8. The van der Waals surface area contributed by atoms with Gasteiger partial charge in [-0.2, -0.15) is 0 Å². The largest absolute Gasteiger partial charge is 0.504 e. The average molecular weight is 515 g/mol. The van der Waals surface area contributed by atoms with Crippen molar-refractivity contribution in [3.8, 4) is 11.5 Å².